The maximum absolute atomic E-state index is 10.3. The summed E-state index contributed by atoms with van der Waals surface area (Å²) < 4.78 is 7.46. The first kappa shape index (κ1) is 22.4. The highest BCUT2D eigenvalue weighted by molar-refractivity contribution is 8.00. The van der Waals surface area contributed by atoms with E-state index in [-0.39, 0.29) is 11.5 Å². The molecular formula is C26H30N2O3S. The van der Waals surface area contributed by atoms with Crippen molar-refractivity contribution < 1.29 is 14.9 Å². The van der Waals surface area contributed by atoms with Crippen LogP contribution in [0.3, 0.4) is 0 Å². The predicted molar refractivity (Wildman–Crippen MR) is 131 cm³/mol. The molecular weight excluding hydrogens is 420 g/mol. The zero-order valence-electron chi connectivity index (χ0n) is 18.3. The third-order valence-electron chi connectivity index (χ3n) is 5.81. The second-order valence-corrected chi connectivity index (χ2v) is 9.26. The van der Waals surface area contributed by atoms with E-state index in [1.165, 1.54) is 42.0 Å². The summed E-state index contributed by atoms with van der Waals surface area (Å²) in [5, 5.41) is 23.4. The Bertz CT molecular complexity index is 1020. The monoisotopic (exact) mass is 450 g/mol. The Morgan fingerprint density at radius 3 is 2.44 bits per heavy atom. The standard InChI is InChI=1S/C26H30N2O3S/c1-31-24-8-5-22(6-9-24)28(32-26-10-7-23(29)17-25(26)30)18-21-4-2-3-20(16-21)15-19-11-13-27-14-12-19/h2-10,16-17,19,27,29-30H,11-15,18H2,1H3. The summed E-state index contributed by atoms with van der Waals surface area (Å²) in [5.41, 5.74) is 3.60. The van der Waals surface area contributed by atoms with Gasteiger partial charge in [-0.25, -0.2) is 0 Å². The highest BCUT2D eigenvalue weighted by atomic mass is 32.2. The molecule has 1 heterocycles. The van der Waals surface area contributed by atoms with Crippen LogP contribution in [0.25, 0.3) is 0 Å². The summed E-state index contributed by atoms with van der Waals surface area (Å²) in [5.74, 6) is 1.66. The van der Waals surface area contributed by atoms with Gasteiger partial charge in [-0.05, 0) is 97.7 Å². The number of ether oxygens (including phenoxy) is 1. The molecule has 1 aliphatic heterocycles. The fourth-order valence-corrected chi connectivity index (χ4v) is 5.03. The van der Waals surface area contributed by atoms with Crippen molar-refractivity contribution >= 4 is 17.6 Å². The highest BCUT2D eigenvalue weighted by Gasteiger charge is 2.16. The SMILES string of the molecule is COc1ccc(N(Cc2cccc(CC3CCNCC3)c2)Sc2ccc(O)cc2O)cc1. The second kappa shape index (κ2) is 10.7. The lowest BCUT2D eigenvalue weighted by molar-refractivity contribution is 0.372. The number of rotatable bonds is 8. The smallest absolute Gasteiger partial charge is 0.134 e. The minimum atomic E-state index is 0.0495. The normalized spacial score (nSPS) is 14.3. The van der Waals surface area contributed by atoms with Crippen LogP contribution in [-0.4, -0.2) is 30.4 Å². The minimum absolute atomic E-state index is 0.0495. The van der Waals surface area contributed by atoms with Crippen LogP contribution >= 0.6 is 11.9 Å². The largest absolute Gasteiger partial charge is 0.508 e. The van der Waals surface area contributed by atoms with E-state index in [1.54, 1.807) is 19.2 Å². The van der Waals surface area contributed by atoms with Gasteiger partial charge in [-0.15, -0.1) is 0 Å². The molecule has 6 heteroatoms. The quantitative estimate of drug-likeness (QED) is 0.402. The van der Waals surface area contributed by atoms with E-state index in [0.29, 0.717) is 11.4 Å². The Morgan fingerprint density at radius 2 is 1.72 bits per heavy atom. The third kappa shape index (κ3) is 5.90. The lowest BCUT2D eigenvalue weighted by atomic mass is 9.90. The van der Waals surface area contributed by atoms with Gasteiger partial charge in [-0.3, -0.25) is 0 Å². The van der Waals surface area contributed by atoms with E-state index in [0.717, 1.165) is 36.9 Å². The molecule has 1 aliphatic rings. The Hall–Kier alpha value is -2.83. The molecule has 4 rings (SSSR count). The molecule has 3 N–H and O–H groups in total. The number of piperidine rings is 1. The van der Waals surface area contributed by atoms with Crippen molar-refractivity contribution in [2.24, 2.45) is 5.92 Å². The van der Waals surface area contributed by atoms with E-state index < -0.39 is 0 Å². The molecule has 0 amide bonds. The Kier molecular flexibility index (Phi) is 7.45. The molecule has 0 atom stereocenters. The van der Waals surface area contributed by atoms with Crippen molar-refractivity contribution in [3.8, 4) is 17.2 Å². The first-order valence-corrected chi connectivity index (χ1v) is 11.8. The van der Waals surface area contributed by atoms with Gasteiger partial charge in [-0.1, -0.05) is 24.3 Å². The lowest BCUT2D eigenvalue weighted by Crippen LogP contribution is -2.28. The van der Waals surface area contributed by atoms with Gasteiger partial charge in [0.05, 0.1) is 18.6 Å². The van der Waals surface area contributed by atoms with Crippen molar-refractivity contribution in [1.82, 2.24) is 5.32 Å². The topological polar surface area (TPSA) is 65.0 Å². The van der Waals surface area contributed by atoms with E-state index in [2.05, 4.69) is 33.9 Å². The van der Waals surface area contributed by atoms with Gasteiger partial charge < -0.3 is 24.6 Å². The van der Waals surface area contributed by atoms with Crippen molar-refractivity contribution in [3.05, 3.63) is 77.9 Å². The van der Waals surface area contributed by atoms with Gasteiger partial charge in [0.25, 0.3) is 0 Å². The molecule has 1 saturated heterocycles. The summed E-state index contributed by atoms with van der Waals surface area (Å²) in [7, 11) is 1.66. The zero-order chi connectivity index (χ0) is 22.3. The van der Waals surface area contributed by atoms with Crippen LogP contribution in [0.4, 0.5) is 5.69 Å². The summed E-state index contributed by atoms with van der Waals surface area (Å²) >= 11 is 1.45. The van der Waals surface area contributed by atoms with Gasteiger partial charge in [-0.2, -0.15) is 0 Å². The van der Waals surface area contributed by atoms with Crippen molar-refractivity contribution in [3.63, 3.8) is 0 Å². The lowest BCUT2D eigenvalue weighted by Gasteiger charge is -2.25. The molecule has 1 fully saturated rings. The number of benzene rings is 3. The summed E-state index contributed by atoms with van der Waals surface area (Å²) in [4.78, 5) is 0.685. The number of methoxy groups -OCH3 is 1. The van der Waals surface area contributed by atoms with E-state index in [4.69, 9.17) is 4.74 Å². The zero-order valence-corrected chi connectivity index (χ0v) is 19.1. The van der Waals surface area contributed by atoms with Crippen LogP contribution in [0, 0.1) is 5.92 Å². The molecule has 168 valence electrons. The van der Waals surface area contributed by atoms with Gasteiger partial charge in [0, 0.05) is 11.8 Å². The minimum Gasteiger partial charge on any atom is -0.508 e. The molecule has 3 aromatic carbocycles. The van der Waals surface area contributed by atoms with Gasteiger partial charge in [0.1, 0.15) is 17.2 Å². The molecule has 0 unspecified atom stereocenters. The summed E-state index contributed by atoms with van der Waals surface area (Å²) in [6.45, 7) is 2.90. The van der Waals surface area contributed by atoms with Crippen molar-refractivity contribution in [2.75, 3.05) is 24.5 Å². The van der Waals surface area contributed by atoms with E-state index in [1.807, 2.05) is 24.3 Å². The molecule has 0 aromatic heterocycles. The van der Waals surface area contributed by atoms with Crippen LogP contribution in [0.5, 0.6) is 17.2 Å². The number of aromatic hydroxyl groups is 2. The number of nitrogens with zero attached hydrogens (tertiary/aromatic N) is 1. The number of hydrogen-bond donors (Lipinski definition) is 3. The molecule has 0 bridgehead atoms. The average Bonchev–Trinajstić information content (AvgIpc) is 2.81. The van der Waals surface area contributed by atoms with Gasteiger partial charge >= 0.3 is 0 Å². The summed E-state index contributed by atoms with van der Waals surface area (Å²) in [6.07, 6.45) is 3.58. The second-order valence-electron chi connectivity index (χ2n) is 8.20. The maximum atomic E-state index is 10.3. The number of hydrogen-bond acceptors (Lipinski definition) is 6. The van der Waals surface area contributed by atoms with E-state index >= 15 is 0 Å². The third-order valence-corrected chi connectivity index (χ3v) is 6.91. The average molecular weight is 451 g/mol. The van der Waals surface area contributed by atoms with Gasteiger partial charge in [0.2, 0.25) is 0 Å². The molecule has 5 nitrogen and oxygen atoms in total. The Labute approximate surface area is 194 Å². The highest BCUT2D eigenvalue weighted by Crippen LogP contribution is 2.37. The van der Waals surface area contributed by atoms with Crippen molar-refractivity contribution in [2.45, 2.75) is 30.7 Å². The number of phenolic OH excluding ortho intramolecular Hbond substituents is 2. The maximum Gasteiger partial charge on any atom is 0.134 e. The molecule has 3 aromatic rings. The molecule has 0 radical (unpaired) electrons. The van der Waals surface area contributed by atoms with Crippen LogP contribution in [-0.2, 0) is 13.0 Å². The Morgan fingerprint density at radius 1 is 0.969 bits per heavy atom. The molecule has 0 spiro atoms. The van der Waals surface area contributed by atoms with Crippen LogP contribution in [0.15, 0.2) is 71.6 Å². The van der Waals surface area contributed by atoms with Crippen molar-refractivity contribution in [1.29, 1.82) is 0 Å². The number of anilines is 1. The van der Waals surface area contributed by atoms with E-state index in [9.17, 15) is 10.2 Å². The predicted octanol–water partition coefficient (Wildman–Crippen LogP) is 5.36. The summed E-state index contributed by atoms with van der Waals surface area (Å²) in [6, 6.07) is 21.4. The van der Waals surface area contributed by atoms with Crippen LogP contribution in [0.1, 0.15) is 24.0 Å². The first-order chi connectivity index (χ1) is 15.6. The first-order valence-electron chi connectivity index (χ1n) is 11.0. The molecule has 0 saturated carbocycles. The Balaban J connectivity index is 1.56. The fraction of sp³-hybridized carbons (Fsp3) is 0.308. The van der Waals surface area contributed by atoms with Gasteiger partial charge in [0.15, 0.2) is 0 Å². The van der Waals surface area contributed by atoms with Crippen LogP contribution < -0.4 is 14.4 Å². The fourth-order valence-electron chi connectivity index (χ4n) is 4.07. The van der Waals surface area contributed by atoms with Crippen LogP contribution in [0.2, 0.25) is 0 Å². The molecule has 0 aliphatic carbocycles. The number of phenols is 2. The number of nitrogens with one attached hydrogen (secondary N) is 1. The molecule has 32 heavy (non-hydrogen) atoms.